The maximum atomic E-state index is 12.8. The minimum Gasteiger partial charge on any atom is -0.336 e. The van der Waals surface area contributed by atoms with Gasteiger partial charge in [-0.15, -0.1) is 0 Å². The number of carbonyl (C=O) groups is 1. The molecule has 1 amide bonds. The average molecular weight is 513 g/mol. The lowest BCUT2D eigenvalue weighted by molar-refractivity contribution is 0.0627. The highest BCUT2D eigenvalue weighted by molar-refractivity contribution is 6.30. The summed E-state index contributed by atoms with van der Waals surface area (Å²) in [6.07, 6.45) is 13.1. The Labute approximate surface area is 221 Å². The second-order valence-corrected chi connectivity index (χ2v) is 10.2. The number of fused-ring (bicyclic) bond motifs is 1. The molecule has 8 heteroatoms. The molecule has 0 radical (unpaired) electrons. The fourth-order valence-corrected chi connectivity index (χ4v) is 5.38. The average Bonchev–Trinajstić information content (AvgIpc) is 3.58. The minimum atomic E-state index is 0.0265. The number of aromatic nitrogens is 4. The maximum absolute atomic E-state index is 12.8. The molecule has 37 heavy (non-hydrogen) atoms. The quantitative estimate of drug-likeness (QED) is 0.393. The monoisotopic (exact) mass is 512 g/mol. The normalized spacial score (nSPS) is 18.4. The second kappa shape index (κ2) is 10.00. The SMILES string of the molecule is CC1CC=CC=C1c1ccc2nc(-c3ccc(Cl)cc3)c(CN3CCN(C(=O)c4cn[nH]c4)CC3)n2c1. The van der Waals surface area contributed by atoms with Gasteiger partial charge in [0.15, 0.2) is 0 Å². The molecule has 1 saturated heterocycles. The first-order chi connectivity index (χ1) is 18.1. The fourth-order valence-electron chi connectivity index (χ4n) is 5.25. The van der Waals surface area contributed by atoms with E-state index in [9.17, 15) is 4.79 Å². The molecule has 1 atom stereocenters. The van der Waals surface area contributed by atoms with Crippen LogP contribution in [0.25, 0.3) is 22.5 Å². The van der Waals surface area contributed by atoms with Gasteiger partial charge in [-0.05, 0) is 47.7 Å². The molecule has 6 rings (SSSR count). The first kappa shape index (κ1) is 23.7. The van der Waals surface area contributed by atoms with E-state index in [-0.39, 0.29) is 5.91 Å². The minimum absolute atomic E-state index is 0.0265. The van der Waals surface area contributed by atoms with E-state index in [1.54, 1.807) is 12.4 Å². The Hall–Kier alpha value is -3.68. The molecule has 2 aliphatic rings. The number of carbonyl (C=O) groups excluding carboxylic acids is 1. The number of allylic oxidation sites excluding steroid dienone is 4. The van der Waals surface area contributed by atoms with Crippen LogP contribution in [0.4, 0.5) is 0 Å². The van der Waals surface area contributed by atoms with Crippen molar-refractivity contribution in [3.63, 3.8) is 0 Å². The van der Waals surface area contributed by atoms with Crippen molar-refractivity contribution in [3.05, 3.63) is 95.1 Å². The summed E-state index contributed by atoms with van der Waals surface area (Å²) >= 11 is 6.19. The standard InChI is InChI=1S/C29H29ClN6O/c1-20-4-2-3-5-25(20)22-8-11-27-33-28(21-6-9-24(30)10-7-21)26(36(27)18-22)19-34-12-14-35(15-13-34)29(37)23-16-31-32-17-23/h2-3,5-11,16-18,20H,4,12-15,19H2,1H3,(H,31,32). The summed E-state index contributed by atoms with van der Waals surface area (Å²) in [6, 6.07) is 12.2. The van der Waals surface area contributed by atoms with E-state index in [0.717, 1.165) is 48.7 Å². The molecule has 7 nitrogen and oxygen atoms in total. The van der Waals surface area contributed by atoms with Crippen LogP contribution in [-0.2, 0) is 6.54 Å². The van der Waals surface area contributed by atoms with Crippen molar-refractivity contribution >= 4 is 28.7 Å². The summed E-state index contributed by atoms with van der Waals surface area (Å²) in [7, 11) is 0. The highest BCUT2D eigenvalue weighted by Crippen LogP contribution is 2.32. The van der Waals surface area contributed by atoms with Crippen LogP contribution in [0.15, 0.2) is 73.2 Å². The summed E-state index contributed by atoms with van der Waals surface area (Å²) in [4.78, 5) is 22.1. The third-order valence-electron chi connectivity index (χ3n) is 7.38. The molecule has 1 aliphatic heterocycles. The van der Waals surface area contributed by atoms with Gasteiger partial charge in [0.25, 0.3) is 5.91 Å². The zero-order valence-electron chi connectivity index (χ0n) is 20.8. The molecule has 1 unspecified atom stereocenters. The Kier molecular flexibility index (Phi) is 6.40. The van der Waals surface area contributed by atoms with E-state index in [2.05, 4.69) is 63.0 Å². The summed E-state index contributed by atoms with van der Waals surface area (Å²) in [6.45, 7) is 5.97. The van der Waals surface area contributed by atoms with Gasteiger partial charge >= 0.3 is 0 Å². The number of hydrogen-bond acceptors (Lipinski definition) is 4. The summed E-state index contributed by atoms with van der Waals surface area (Å²) in [5.74, 6) is 0.504. The molecular formula is C29H29ClN6O. The predicted molar refractivity (Wildman–Crippen MR) is 146 cm³/mol. The van der Waals surface area contributed by atoms with Crippen molar-refractivity contribution in [1.29, 1.82) is 0 Å². The van der Waals surface area contributed by atoms with Gasteiger partial charge in [0.05, 0.1) is 23.1 Å². The summed E-state index contributed by atoms with van der Waals surface area (Å²) in [5, 5.41) is 7.35. The number of aromatic amines is 1. The maximum Gasteiger partial charge on any atom is 0.257 e. The van der Waals surface area contributed by atoms with Crippen LogP contribution in [0.1, 0.15) is 35.0 Å². The number of hydrogen-bond donors (Lipinski definition) is 1. The largest absolute Gasteiger partial charge is 0.336 e. The Balaban J connectivity index is 1.32. The van der Waals surface area contributed by atoms with Crippen LogP contribution in [0.5, 0.6) is 0 Å². The zero-order chi connectivity index (χ0) is 25.4. The number of H-pyrrole nitrogens is 1. The first-order valence-corrected chi connectivity index (χ1v) is 13.1. The van der Waals surface area contributed by atoms with Crippen LogP contribution in [0, 0.1) is 5.92 Å². The number of piperazine rings is 1. The lowest BCUT2D eigenvalue weighted by atomic mass is 9.89. The van der Waals surface area contributed by atoms with Gasteiger partial charge in [0.1, 0.15) is 5.65 Å². The van der Waals surface area contributed by atoms with Gasteiger partial charge in [0.2, 0.25) is 0 Å². The molecule has 0 spiro atoms. The van der Waals surface area contributed by atoms with Crippen molar-refractivity contribution in [3.8, 4) is 11.3 Å². The molecule has 0 saturated carbocycles. The molecule has 4 aromatic rings. The first-order valence-electron chi connectivity index (χ1n) is 12.7. The molecule has 1 N–H and O–H groups in total. The Morgan fingerprint density at radius 3 is 2.59 bits per heavy atom. The molecule has 0 bridgehead atoms. The van der Waals surface area contributed by atoms with Gasteiger partial charge in [-0.1, -0.05) is 48.9 Å². The summed E-state index contributed by atoms with van der Waals surface area (Å²) in [5.41, 5.74) is 7.27. The predicted octanol–water partition coefficient (Wildman–Crippen LogP) is 5.32. The number of nitrogens with zero attached hydrogens (tertiary/aromatic N) is 5. The van der Waals surface area contributed by atoms with Crippen LogP contribution < -0.4 is 0 Å². The summed E-state index contributed by atoms with van der Waals surface area (Å²) < 4.78 is 2.24. The molecule has 1 aliphatic carbocycles. The topological polar surface area (TPSA) is 69.5 Å². The zero-order valence-corrected chi connectivity index (χ0v) is 21.5. The van der Waals surface area contributed by atoms with Crippen molar-refractivity contribution in [2.75, 3.05) is 26.2 Å². The van der Waals surface area contributed by atoms with Crippen molar-refractivity contribution in [2.45, 2.75) is 19.9 Å². The second-order valence-electron chi connectivity index (χ2n) is 9.80. The number of rotatable bonds is 5. The van der Waals surface area contributed by atoms with Gasteiger partial charge in [-0.3, -0.25) is 14.8 Å². The smallest absolute Gasteiger partial charge is 0.257 e. The van der Waals surface area contributed by atoms with Gasteiger partial charge in [-0.2, -0.15) is 5.10 Å². The van der Waals surface area contributed by atoms with Crippen molar-refractivity contribution in [2.24, 2.45) is 5.92 Å². The van der Waals surface area contributed by atoms with E-state index in [4.69, 9.17) is 16.6 Å². The van der Waals surface area contributed by atoms with E-state index in [1.165, 1.54) is 11.1 Å². The van der Waals surface area contributed by atoms with Crippen molar-refractivity contribution < 1.29 is 4.79 Å². The molecule has 4 heterocycles. The van der Waals surface area contributed by atoms with Crippen LogP contribution in [0.3, 0.4) is 0 Å². The lowest BCUT2D eigenvalue weighted by Gasteiger charge is -2.34. The van der Waals surface area contributed by atoms with Crippen LogP contribution in [0.2, 0.25) is 5.02 Å². The third kappa shape index (κ3) is 4.72. The number of imidazole rings is 1. The molecule has 1 fully saturated rings. The van der Waals surface area contributed by atoms with E-state index in [1.807, 2.05) is 29.2 Å². The molecule has 188 valence electrons. The highest BCUT2D eigenvalue weighted by Gasteiger charge is 2.25. The Morgan fingerprint density at radius 2 is 1.86 bits per heavy atom. The number of pyridine rings is 1. The molecular weight excluding hydrogens is 484 g/mol. The highest BCUT2D eigenvalue weighted by atomic mass is 35.5. The number of amides is 1. The number of benzene rings is 1. The Bertz CT molecular complexity index is 1480. The fraction of sp³-hybridized carbons (Fsp3) is 0.276. The van der Waals surface area contributed by atoms with E-state index >= 15 is 0 Å². The number of halogens is 1. The van der Waals surface area contributed by atoms with Crippen LogP contribution >= 0.6 is 11.6 Å². The van der Waals surface area contributed by atoms with Crippen LogP contribution in [-0.4, -0.2) is 61.5 Å². The van der Waals surface area contributed by atoms with Gasteiger partial charge in [-0.25, -0.2) is 4.98 Å². The molecule has 3 aromatic heterocycles. The van der Waals surface area contributed by atoms with Gasteiger partial charge < -0.3 is 9.30 Å². The van der Waals surface area contributed by atoms with E-state index in [0.29, 0.717) is 29.6 Å². The van der Waals surface area contributed by atoms with Crippen molar-refractivity contribution in [1.82, 2.24) is 29.4 Å². The molecule has 1 aromatic carbocycles. The lowest BCUT2D eigenvalue weighted by Crippen LogP contribution is -2.48. The number of nitrogens with one attached hydrogen (secondary N) is 1. The third-order valence-corrected chi connectivity index (χ3v) is 7.63. The van der Waals surface area contributed by atoms with E-state index < -0.39 is 0 Å². The van der Waals surface area contributed by atoms with Gasteiger partial charge in [0, 0.05) is 55.7 Å². The Morgan fingerprint density at radius 1 is 1.08 bits per heavy atom.